The number of likely N-dealkylation sites (tertiary alicyclic amines) is 1. The van der Waals surface area contributed by atoms with Crippen LogP contribution in [0.25, 0.3) is 22.5 Å². The van der Waals surface area contributed by atoms with Gasteiger partial charge in [-0.05, 0) is 60.1 Å². The Bertz CT molecular complexity index is 1660. The first-order valence-electron chi connectivity index (χ1n) is 15.8. The van der Waals surface area contributed by atoms with E-state index in [1.165, 1.54) is 11.3 Å². The SMILES string of the molecule is CCCOc1ccc(-c2cnc(-c3ccc(C[C@H](CC(=O)c4ccc(C(C)(C)C)s4)C(=O)N4CC[C@H](C(=O)O)C4)cc3)nc2)cc1. The summed E-state index contributed by atoms with van der Waals surface area (Å²) in [5.41, 5.74) is 3.59. The first-order valence-corrected chi connectivity index (χ1v) is 16.6. The molecule has 8 nitrogen and oxygen atoms in total. The van der Waals surface area contributed by atoms with E-state index < -0.39 is 17.8 Å². The number of hydrogen-bond donors (Lipinski definition) is 1. The standard InChI is InChI=1S/C37H41N3O5S/c1-5-18-45-30-12-10-25(11-13-30)29-21-38-34(39-22-29)26-8-6-24(7-9-26)19-28(35(42)40-17-16-27(23-40)36(43)44)20-31(41)32-14-15-33(46-32)37(2,3)4/h6-15,21-22,27-28H,5,16-20,23H2,1-4H3,(H,43,44)/t27-,28+/m0/s1. The molecule has 0 radical (unpaired) electrons. The molecule has 0 aliphatic carbocycles. The Morgan fingerprint density at radius 1 is 0.957 bits per heavy atom. The number of amides is 1. The van der Waals surface area contributed by atoms with Crippen molar-refractivity contribution in [2.45, 2.75) is 58.8 Å². The molecule has 240 valence electrons. The Morgan fingerprint density at radius 3 is 2.22 bits per heavy atom. The fourth-order valence-electron chi connectivity index (χ4n) is 5.55. The molecule has 2 aromatic heterocycles. The van der Waals surface area contributed by atoms with Gasteiger partial charge in [0, 0.05) is 53.8 Å². The van der Waals surface area contributed by atoms with E-state index in [1.54, 1.807) is 17.3 Å². The predicted octanol–water partition coefficient (Wildman–Crippen LogP) is 7.32. The highest BCUT2D eigenvalue weighted by molar-refractivity contribution is 7.14. The van der Waals surface area contributed by atoms with Crippen LogP contribution < -0.4 is 4.74 Å². The van der Waals surface area contributed by atoms with Crippen molar-refractivity contribution in [2.24, 2.45) is 11.8 Å². The summed E-state index contributed by atoms with van der Waals surface area (Å²) in [6, 6.07) is 19.5. The summed E-state index contributed by atoms with van der Waals surface area (Å²) in [7, 11) is 0. The fraction of sp³-hybridized carbons (Fsp3) is 0.378. The maximum atomic E-state index is 13.7. The van der Waals surface area contributed by atoms with Crippen molar-refractivity contribution in [3.8, 4) is 28.3 Å². The second-order valence-corrected chi connectivity index (χ2v) is 14.0. The molecule has 0 bridgehead atoms. The summed E-state index contributed by atoms with van der Waals surface area (Å²) in [6.07, 6.45) is 5.42. The summed E-state index contributed by atoms with van der Waals surface area (Å²) < 4.78 is 5.67. The van der Waals surface area contributed by atoms with E-state index in [0.29, 0.717) is 36.7 Å². The largest absolute Gasteiger partial charge is 0.494 e. The van der Waals surface area contributed by atoms with E-state index >= 15 is 0 Å². The van der Waals surface area contributed by atoms with Crippen molar-refractivity contribution in [3.05, 3.63) is 88.4 Å². The summed E-state index contributed by atoms with van der Waals surface area (Å²) in [5.74, 6) is -0.874. The van der Waals surface area contributed by atoms with Gasteiger partial charge in [-0.2, -0.15) is 0 Å². The molecule has 1 N–H and O–H groups in total. The lowest BCUT2D eigenvalue weighted by Crippen LogP contribution is -2.37. The summed E-state index contributed by atoms with van der Waals surface area (Å²) in [6.45, 7) is 9.65. The number of aliphatic carboxylic acids is 1. The van der Waals surface area contributed by atoms with Crippen LogP contribution in [0, 0.1) is 11.8 Å². The van der Waals surface area contributed by atoms with Gasteiger partial charge in [0.05, 0.1) is 17.4 Å². The molecule has 46 heavy (non-hydrogen) atoms. The molecule has 1 saturated heterocycles. The number of rotatable bonds is 12. The molecule has 3 heterocycles. The van der Waals surface area contributed by atoms with Gasteiger partial charge in [-0.1, -0.05) is 64.1 Å². The number of aromatic nitrogens is 2. The Morgan fingerprint density at radius 2 is 1.63 bits per heavy atom. The molecular weight excluding hydrogens is 598 g/mol. The maximum Gasteiger partial charge on any atom is 0.308 e. The molecule has 0 spiro atoms. The van der Waals surface area contributed by atoms with Crippen LogP contribution in [0.2, 0.25) is 0 Å². The van der Waals surface area contributed by atoms with E-state index in [2.05, 4.69) is 37.7 Å². The van der Waals surface area contributed by atoms with E-state index in [1.807, 2.05) is 60.7 Å². The summed E-state index contributed by atoms with van der Waals surface area (Å²) in [5, 5.41) is 9.47. The quantitative estimate of drug-likeness (QED) is 0.162. The smallest absolute Gasteiger partial charge is 0.308 e. The molecule has 1 aliphatic rings. The highest BCUT2D eigenvalue weighted by Gasteiger charge is 2.35. The van der Waals surface area contributed by atoms with Crippen molar-refractivity contribution in [2.75, 3.05) is 19.7 Å². The van der Waals surface area contributed by atoms with Crippen LogP contribution in [0.4, 0.5) is 0 Å². The number of ketones is 1. The molecule has 9 heteroatoms. The molecule has 1 amide bonds. The van der Waals surface area contributed by atoms with Crippen LogP contribution in [0.3, 0.4) is 0 Å². The van der Waals surface area contributed by atoms with Crippen LogP contribution in [0.5, 0.6) is 5.75 Å². The van der Waals surface area contributed by atoms with E-state index in [4.69, 9.17) is 4.74 Å². The number of Topliss-reactive ketones (excluding diaryl/α,β-unsaturated/α-hetero) is 1. The fourth-order valence-corrected chi connectivity index (χ4v) is 6.56. The van der Waals surface area contributed by atoms with Crippen LogP contribution in [0.1, 0.15) is 67.1 Å². The van der Waals surface area contributed by atoms with Gasteiger partial charge in [-0.3, -0.25) is 14.4 Å². The van der Waals surface area contributed by atoms with Gasteiger partial charge < -0.3 is 14.7 Å². The van der Waals surface area contributed by atoms with Gasteiger partial charge >= 0.3 is 5.97 Å². The Kier molecular flexibility index (Phi) is 10.3. The summed E-state index contributed by atoms with van der Waals surface area (Å²) >= 11 is 1.48. The lowest BCUT2D eigenvalue weighted by molar-refractivity contribution is -0.141. The lowest BCUT2D eigenvalue weighted by Gasteiger charge is -2.23. The molecular formula is C37H41N3O5S. The average molecular weight is 640 g/mol. The van der Waals surface area contributed by atoms with Crippen molar-refractivity contribution in [3.63, 3.8) is 0 Å². The summed E-state index contributed by atoms with van der Waals surface area (Å²) in [4.78, 5) is 51.2. The number of carboxylic acids is 1. The van der Waals surface area contributed by atoms with E-state index in [-0.39, 0.29) is 30.1 Å². The topological polar surface area (TPSA) is 110 Å². The van der Waals surface area contributed by atoms with E-state index in [0.717, 1.165) is 39.3 Å². The van der Waals surface area contributed by atoms with Crippen LogP contribution in [0.15, 0.2) is 73.1 Å². The normalized spacial score (nSPS) is 15.5. The molecule has 4 aromatic rings. The van der Waals surface area contributed by atoms with Gasteiger partial charge in [0.1, 0.15) is 5.75 Å². The zero-order chi connectivity index (χ0) is 32.8. The average Bonchev–Trinajstić information content (AvgIpc) is 3.76. The molecule has 2 atom stereocenters. The third-order valence-electron chi connectivity index (χ3n) is 8.26. The number of hydrogen-bond acceptors (Lipinski definition) is 7. The molecule has 0 saturated carbocycles. The first-order chi connectivity index (χ1) is 22.0. The van der Waals surface area contributed by atoms with Crippen molar-refractivity contribution in [1.82, 2.24) is 14.9 Å². The number of carbonyl (C=O) groups excluding carboxylic acids is 2. The minimum atomic E-state index is -0.892. The maximum absolute atomic E-state index is 13.7. The van der Waals surface area contributed by atoms with Crippen LogP contribution in [-0.2, 0) is 21.4 Å². The Labute approximate surface area is 274 Å². The van der Waals surface area contributed by atoms with Gasteiger partial charge in [-0.15, -0.1) is 11.3 Å². The zero-order valence-electron chi connectivity index (χ0n) is 26.9. The second-order valence-electron chi connectivity index (χ2n) is 12.9. The van der Waals surface area contributed by atoms with Crippen molar-refractivity contribution < 1.29 is 24.2 Å². The van der Waals surface area contributed by atoms with E-state index in [9.17, 15) is 19.5 Å². The third-order valence-corrected chi connectivity index (χ3v) is 9.81. The van der Waals surface area contributed by atoms with Crippen molar-refractivity contribution >= 4 is 29.0 Å². The van der Waals surface area contributed by atoms with Gasteiger partial charge in [0.2, 0.25) is 5.91 Å². The second kappa shape index (κ2) is 14.4. The highest BCUT2D eigenvalue weighted by Crippen LogP contribution is 2.32. The van der Waals surface area contributed by atoms with Crippen LogP contribution in [-0.4, -0.2) is 57.3 Å². The first kappa shape index (κ1) is 33.0. The minimum Gasteiger partial charge on any atom is -0.494 e. The minimum absolute atomic E-state index is 0.0647. The predicted molar refractivity (Wildman–Crippen MR) is 180 cm³/mol. The molecule has 1 fully saturated rings. The Balaban J connectivity index is 1.29. The number of benzene rings is 2. The van der Waals surface area contributed by atoms with Crippen molar-refractivity contribution in [1.29, 1.82) is 0 Å². The third kappa shape index (κ3) is 8.07. The van der Waals surface area contributed by atoms with Gasteiger partial charge in [0.25, 0.3) is 0 Å². The molecule has 1 aliphatic heterocycles. The van der Waals surface area contributed by atoms with Gasteiger partial charge in [0.15, 0.2) is 11.6 Å². The number of ether oxygens (including phenoxy) is 1. The number of nitrogens with zero attached hydrogens (tertiary/aromatic N) is 3. The number of thiophene rings is 1. The zero-order valence-corrected chi connectivity index (χ0v) is 27.7. The number of carbonyl (C=O) groups is 3. The monoisotopic (exact) mass is 639 g/mol. The lowest BCUT2D eigenvalue weighted by atomic mass is 9.92. The molecule has 2 aromatic carbocycles. The van der Waals surface area contributed by atoms with Gasteiger partial charge in [-0.25, -0.2) is 9.97 Å². The molecule has 5 rings (SSSR count). The highest BCUT2D eigenvalue weighted by atomic mass is 32.1. The Hall–Kier alpha value is -4.37. The van der Waals surface area contributed by atoms with Crippen LogP contribution >= 0.6 is 11.3 Å². The molecule has 0 unspecified atom stereocenters. The number of carboxylic acid groups (broad SMARTS) is 1.